The van der Waals surface area contributed by atoms with Gasteiger partial charge in [0.1, 0.15) is 0 Å². The van der Waals surface area contributed by atoms with Crippen molar-refractivity contribution in [1.29, 1.82) is 0 Å². The highest BCUT2D eigenvalue weighted by Crippen LogP contribution is 2.37. The molecule has 4 aromatic rings. The van der Waals surface area contributed by atoms with E-state index in [0.29, 0.717) is 11.4 Å². The summed E-state index contributed by atoms with van der Waals surface area (Å²) in [7, 11) is 0. The molecule has 0 radical (unpaired) electrons. The Bertz CT molecular complexity index is 1040. The number of anilines is 2. The summed E-state index contributed by atoms with van der Waals surface area (Å²) in [5.74, 6) is 0. The highest BCUT2D eigenvalue weighted by atomic mass is 14.7. The van der Waals surface area contributed by atoms with Gasteiger partial charge in [-0.15, -0.1) is 0 Å². The fraction of sp³-hybridized carbons (Fsp3) is 0. The standard InChI is InChI=1S/C24H20N2/c25-23-12-6-11-22(24(23)26)21-10-5-4-9-20(21)19-15-13-18(14-16-19)17-7-2-1-3-8-17/h1-16H,25-26H2. The zero-order valence-electron chi connectivity index (χ0n) is 14.4. The Hall–Kier alpha value is -3.52. The normalized spacial score (nSPS) is 10.6. The van der Waals surface area contributed by atoms with Crippen LogP contribution in [0, 0.1) is 0 Å². The number of rotatable bonds is 3. The van der Waals surface area contributed by atoms with Crippen LogP contribution in [0.5, 0.6) is 0 Å². The minimum atomic E-state index is 0.608. The number of nitrogen functional groups attached to an aromatic ring is 2. The van der Waals surface area contributed by atoms with Gasteiger partial charge < -0.3 is 11.5 Å². The molecule has 0 aliphatic rings. The fourth-order valence-corrected chi connectivity index (χ4v) is 3.26. The summed E-state index contributed by atoms with van der Waals surface area (Å²) in [6.07, 6.45) is 0. The van der Waals surface area contributed by atoms with Gasteiger partial charge in [-0.3, -0.25) is 0 Å². The van der Waals surface area contributed by atoms with Gasteiger partial charge in [0.25, 0.3) is 0 Å². The van der Waals surface area contributed by atoms with Gasteiger partial charge in [0.15, 0.2) is 0 Å². The summed E-state index contributed by atoms with van der Waals surface area (Å²) in [4.78, 5) is 0. The lowest BCUT2D eigenvalue weighted by Crippen LogP contribution is -1.97. The molecule has 0 unspecified atom stereocenters. The molecule has 0 fully saturated rings. The van der Waals surface area contributed by atoms with Crippen molar-refractivity contribution in [2.24, 2.45) is 0 Å². The van der Waals surface area contributed by atoms with Crippen LogP contribution in [0.1, 0.15) is 0 Å². The molecule has 126 valence electrons. The van der Waals surface area contributed by atoms with Crippen LogP contribution >= 0.6 is 0 Å². The molecule has 0 amide bonds. The van der Waals surface area contributed by atoms with Crippen LogP contribution in [0.3, 0.4) is 0 Å². The summed E-state index contributed by atoms with van der Waals surface area (Å²) in [5.41, 5.74) is 20.2. The van der Waals surface area contributed by atoms with Crippen molar-refractivity contribution in [3.05, 3.63) is 97.1 Å². The first-order valence-corrected chi connectivity index (χ1v) is 8.63. The predicted molar refractivity (Wildman–Crippen MR) is 112 cm³/mol. The van der Waals surface area contributed by atoms with Crippen LogP contribution in [-0.4, -0.2) is 0 Å². The second kappa shape index (κ2) is 6.77. The maximum atomic E-state index is 6.24. The second-order valence-corrected chi connectivity index (χ2v) is 6.30. The number of nitrogens with two attached hydrogens (primary N) is 2. The van der Waals surface area contributed by atoms with Crippen molar-refractivity contribution in [2.75, 3.05) is 11.5 Å². The van der Waals surface area contributed by atoms with E-state index in [1.165, 1.54) is 11.1 Å². The minimum Gasteiger partial charge on any atom is -0.397 e. The Kier molecular flexibility index (Phi) is 4.16. The first kappa shape index (κ1) is 16.0. The van der Waals surface area contributed by atoms with Crippen molar-refractivity contribution < 1.29 is 0 Å². The van der Waals surface area contributed by atoms with E-state index in [2.05, 4.69) is 60.7 Å². The first-order valence-electron chi connectivity index (χ1n) is 8.63. The summed E-state index contributed by atoms with van der Waals surface area (Å²) in [5, 5.41) is 0. The molecule has 0 atom stereocenters. The van der Waals surface area contributed by atoms with Crippen molar-refractivity contribution in [3.63, 3.8) is 0 Å². The largest absolute Gasteiger partial charge is 0.397 e. The van der Waals surface area contributed by atoms with E-state index in [0.717, 1.165) is 22.3 Å². The van der Waals surface area contributed by atoms with Crippen molar-refractivity contribution >= 4 is 11.4 Å². The average molecular weight is 336 g/mol. The van der Waals surface area contributed by atoms with Gasteiger partial charge in [-0.25, -0.2) is 0 Å². The van der Waals surface area contributed by atoms with E-state index in [1.54, 1.807) is 0 Å². The third-order valence-corrected chi connectivity index (χ3v) is 4.66. The average Bonchev–Trinajstić information content (AvgIpc) is 2.71. The molecule has 0 aromatic heterocycles. The quantitative estimate of drug-likeness (QED) is 0.461. The Morgan fingerprint density at radius 3 is 1.65 bits per heavy atom. The zero-order chi connectivity index (χ0) is 17.9. The molecular weight excluding hydrogens is 316 g/mol. The summed E-state index contributed by atoms with van der Waals surface area (Å²) >= 11 is 0. The molecule has 0 spiro atoms. The van der Waals surface area contributed by atoms with Crippen LogP contribution in [0.15, 0.2) is 97.1 Å². The lowest BCUT2D eigenvalue weighted by molar-refractivity contribution is 1.56. The fourth-order valence-electron chi connectivity index (χ4n) is 3.26. The molecule has 0 heterocycles. The van der Waals surface area contributed by atoms with E-state index in [4.69, 9.17) is 11.5 Å². The van der Waals surface area contributed by atoms with Crippen LogP contribution < -0.4 is 11.5 Å². The summed E-state index contributed by atoms with van der Waals surface area (Å²) in [6, 6.07) is 33.1. The number of benzene rings is 4. The van der Waals surface area contributed by atoms with Gasteiger partial charge in [-0.05, 0) is 33.9 Å². The van der Waals surface area contributed by atoms with E-state index in [-0.39, 0.29) is 0 Å². The van der Waals surface area contributed by atoms with Crippen molar-refractivity contribution in [2.45, 2.75) is 0 Å². The lowest BCUT2D eigenvalue weighted by atomic mass is 9.92. The molecule has 2 heteroatoms. The molecule has 0 bridgehead atoms. The lowest BCUT2D eigenvalue weighted by Gasteiger charge is -2.14. The van der Waals surface area contributed by atoms with Crippen molar-refractivity contribution in [3.8, 4) is 33.4 Å². The molecule has 0 saturated carbocycles. The van der Waals surface area contributed by atoms with Gasteiger partial charge in [0, 0.05) is 5.56 Å². The van der Waals surface area contributed by atoms with E-state index >= 15 is 0 Å². The third-order valence-electron chi connectivity index (χ3n) is 4.66. The number of hydrogen-bond donors (Lipinski definition) is 2. The van der Waals surface area contributed by atoms with Crippen LogP contribution in [0.2, 0.25) is 0 Å². The molecule has 0 saturated heterocycles. The zero-order valence-corrected chi connectivity index (χ0v) is 14.4. The highest BCUT2D eigenvalue weighted by Gasteiger charge is 2.11. The van der Waals surface area contributed by atoms with E-state index < -0.39 is 0 Å². The summed E-state index contributed by atoms with van der Waals surface area (Å²) < 4.78 is 0. The molecule has 4 N–H and O–H groups in total. The smallest absolute Gasteiger partial charge is 0.0627 e. The third kappa shape index (κ3) is 2.93. The van der Waals surface area contributed by atoms with E-state index in [9.17, 15) is 0 Å². The topological polar surface area (TPSA) is 52.0 Å². The van der Waals surface area contributed by atoms with Gasteiger partial charge in [0.05, 0.1) is 11.4 Å². The summed E-state index contributed by atoms with van der Waals surface area (Å²) in [6.45, 7) is 0. The van der Waals surface area contributed by atoms with Crippen LogP contribution in [-0.2, 0) is 0 Å². The Morgan fingerprint density at radius 1 is 0.385 bits per heavy atom. The van der Waals surface area contributed by atoms with Crippen LogP contribution in [0.25, 0.3) is 33.4 Å². The molecule has 0 aliphatic carbocycles. The molecule has 2 nitrogen and oxygen atoms in total. The Labute approximate surface area is 153 Å². The number of para-hydroxylation sites is 1. The number of hydrogen-bond acceptors (Lipinski definition) is 2. The Balaban J connectivity index is 1.79. The van der Waals surface area contributed by atoms with Gasteiger partial charge in [-0.2, -0.15) is 0 Å². The van der Waals surface area contributed by atoms with E-state index in [1.807, 2.05) is 36.4 Å². The monoisotopic (exact) mass is 336 g/mol. The first-order chi connectivity index (χ1) is 12.7. The highest BCUT2D eigenvalue weighted by molar-refractivity contribution is 5.92. The predicted octanol–water partition coefficient (Wildman–Crippen LogP) is 5.85. The minimum absolute atomic E-state index is 0.608. The maximum absolute atomic E-state index is 6.24. The molecule has 26 heavy (non-hydrogen) atoms. The second-order valence-electron chi connectivity index (χ2n) is 6.30. The van der Waals surface area contributed by atoms with Crippen LogP contribution in [0.4, 0.5) is 11.4 Å². The van der Waals surface area contributed by atoms with Gasteiger partial charge in [0.2, 0.25) is 0 Å². The SMILES string of the molecule is Nc1cccc(-c2ccccc2-c2ccc(-c3ccccc3)cc2)c1N. The maximum Gasteiger partial charge on any atom is 0.0627 e. The van der Waals surface area contributed by atoms with Crippen molar-refractivity contribution in [1.82, 2.24) is 0 Å². The Morgan fingerprint density at radius 2 is 0.923 bits per heavy atom. The molecule has 4 aromatic carbocycles. The molecule has 0 aliphatic heterocycles. The van der Waals surface area contributed by atoms with Gasteiger partial charge in [-0.1, -0.05) is 91.0 Å². The molecule has 4 rings (SSSR count). The van der Waals surface area contributed by atoms with Gasteiger partial charge >= 0.3 is 0 Å². The molecular formula is C24H20N2.